The number of aromatic nitrogens is 2. The van der Waals surface area contributed by atoms with E-state index in [0.29, 0.717) is 24.7 Å². The molecular weight excluding hydrogens is 340 g/mol. The Bertz CT molecular complexity index is 519. The lowest BCUT2D eigenvalue weighted by atomic mass is 9.96. The number of carbonyl (C=O) groups excluding carboxylic acids is 1. The van der Waals surface area contributed by atoms with Gasteiger partial charge in [0, 0.05) is 31.3 Å². The van der Waals surface area contributed by atoms with E-state index in [-0.39, 0.29) is 23.7 Å². The molecule has 1 amide bonds. The fraction of sp³-hybridized carbons (Fsp3) is 0.833. The second-order valence-electron chi connectivity index (χ2n) is 7.75. The van der Waals surface area contributed by atoms with E-state index in [1.165, 1.54) is 0 Å². The minimum atomic E-state index is -0.103. The van der Waals surface area contributed by atoms with Gasteiger partial charge in [-0.2, -0.15) is 4.98 Å². The van der Waals surface area contributed by atoms with Crippen molar-refractivity contribution in [1.82, 2.24) is 20.4 Å². The van der Waals surface area contributed by atoms with Gasteiger partial charge in [0.2, 0.25) is 11.8 Å². The average molecular weight is 373 g/mol. The highest BCUT2D eigenvalue weighted by Gasteiger charge is 2.23. The maximum Gasteiger partial charge on any atom is 0.226 e. The Hall–Kier alpha value is -1.14. The first kappa shape index (κ1) is 21.9. The summed E-state index contributed by atoms with van der Waals surface area (Å²) < 4.78 is 5.28. The normalized spacial score (nSPS) is 15.9. The van der Waals surface area contributed by atoms with Gasteiger partial charge in [0.15, 0.2) is 5.82 Å². The van der Waals surface area contributed by atoms with E-state index in [4.69, 9.17) is 4.52 Å². The highest BCUT2D eigenvalue weighted by atomic mass is 35.5. The Kier molecular flexibility index (Phi) is 8.86. The van der Waals surface area contributed by atoms with Crippen LogP contribution in [0.15, 0.2) is 4.52 Å². The quantitative estimate of drug-likeness (QED) is 0.796. The molecule has 7 heteroatoms. The zero-order chi connectivity index (χ0) is 17.6. The third-order valence-corrected chi connectivity index (χ3v) is 4.57. The van der Waals surface area contributed by atoms with E-state index in [0.717, 1.165) is 51.3 Å². The van der Waals surface area contributed by atoms with Crippen molar-refractivity contribution in [1.29, 1.82) is 0 Å². The lowest BCUT2D eigenvalue weighted by Gasteiger charge is -2.32. The second-order valence-corrected chi connectivity index (χ2v) is 7.75. The number of nitrogens with one attached hydrogen (secondary N) is 1. The molecule has 2 heterocycles. The zero-order valence-corrected chi connectivity index (χ0v) is 16.8. The van der Waals surface area contributed by atoms with Crippen LogP contribution in [0.1, 0.15) is 65.1 Å². The maximum absolute atomic E-state index is 12.3. The Balaban J connectivity index is 0.00000312. The van der Waals surface area contributed by atoms with E-state index >= 15 is 0 Å². The zero-order valence-electron chi connectivity index (χ0n) is 16.0. The molecule has 1 N–H and O–H groups in total. The number of carbonyl (C=O) groups is 1. The molecule has 0 aliphatic carbocycles. The molecule has 144 valence electrons. The molecule has 6 nitrogen and oxygen atoms in total. The summed E-state index contributed by atoms with van der Waals surface area (Å²) in [7, 11) is 0. The Labute approximate surface area is 157 Å². The minimum Gasteiger partial charge on any atom is -0.343 e. The van der Waals surface area contributed by atoms with Gasteiger partial charge in [-0.25, -0.2) is 0 Å². The van der Waals surface area contributed by atoms with Gasteiger partial charge in [-0.05, 0) is 38.3 Å². The molecule has 1 fully saturated rings. The summed E-state index contributed by atoms with van der Waals surface area (Å²) in [5, 5.41) is 7.42. The van der Waals surface area contributed by atoms with Crippen LogP contribution in [0, 0.1) is 5.92 Å². The van der Waals surface area contributed by atoms with E-state index in [1.807, 2.05) is 4.90 Å². The van der Waals surface area contributed by atoms with Crippen molar-refractivity contribution in [2.75, 3.05) is 26.2 Å². The molecule has 0 aromatic carbocycles. The monoisotopic (exact) mass is 372 g/mol. The largest absolute Gasteiger partial charge is 0.343 e. The fourth-order valence-electron chi connectivity index (χ4n) is 2.94. The number of rotatable bonds is 7. The van der Waals surface area contributed by atoms with E-state index in [1.54, 1.807) is 0 Å². The molecule has 0 saturated carbocycles. The minimum absolute atomic E-state index is 0. The summed E-state index contributed by atoms with van der Waals surface area (Å²) in [5.41, 5.74) is -0.103. The third kappa shape index (κ3) is 6.94. The van der Waals surface area contributed by atoms with Crippen LogP contribution in [0.4, 0.5) is 0 Å². The van der Waals surface area contributed by atoms with Gasteiger partial charge in [0.25, 0.3) is 0 Å². The van der Waals surface area contributed by atoms with Crippen molar-refractivity contribution in [2.45, 2.75) is 65.2 Å². The molecule has 1 aromatic heterocycles. The number of hydrogen-bond donors (Lipinski definition) is 1. The van der Waals surface area contributed by atoms with Crippen LogP contribution in [0.25, 0.3) is 0 Å². The summed E-state index contributed by atoms with van der Waals surface area (Å²) in [6, 6.07) is 0. The van der Waals surface area contributed by atoms with E-state index < -0.39 is 0 Å². The predicted octanol–water partition coefficient (Wildman–Crippen LogP) is 2.96. The van der Waals surface area contributed by atoms with Crippen LogP contribution in [0.3, 0.4) is 0 Å². The highest BCUT2D eigenvalue weighted by molar-refractivity contribution is 5.85. The molecule has 0 radical (unpaired) electrons. The molecule has 1 saturated heterocycles. The van der Waals surface area contributed by atoms with Crippen molar-refractivity contribution in [3.05, 3.63) is 11.7 Å². The number of likely N-dealkylation sites (tertiary alicyclic amines) is 1. The van der Waals surface area contributed by atoms with Gasteiger partial charge in [0.05, 0.1) is 0 Å². The number of nitrogens with zero attached hydrogens (tertiary/aromatic N) is 3. The standard InChI is InChI=1S/C18H32N4O2.ClH/c1-5-19-13-14-9-11-22(12-10-14)16(23)8-6-7-15-20-17(21-24-15)18(2,3)4;/h14,19H,5-13H2,1-4H3;1H. The lowest BCUT2D eigenvalue weighted by Crippen LogP contribution is -2.40. The van der Waals surface area contributed by atoms with Crippen LogP contribution >= 0.6 is 12.4 Å². The highest BCUT2D eigenvalue weighted by Crippen LogP contribution is 2.20. The number of hydrogen-bond acceptors (Lipinski definition) is 5. The summed E-state index contributed by atoms with van der Waals surface area (Å²) in [5.74, 6) is 2.33. The van der Waals surface area contributed by atoms with E-state index in [2.05, 4.69) is 43.2 Å². The molecule has 1 aromatic rings. The fourth-order valence-corrected chi connectivity index (χ4v) is 2.94. The van der Waals surface area contributed by atoms with Crippen LogP contribution in [-0.4, -0.2) is 47.1 Å². The Morgan fingerprint density at radius 2 is 2.00 bits per heavy atom. The lowest BCUT2D eigenvalue weighted by molar-refractivity contribution is -0.132. The van der Waals surface area contributed by atoms with Gasteiger partial charge in [-0.15, -0.1) is 12.4 Å². The average Bonchev–Trinajstić information content (AvgIpc) is 3.02. The molecule has 0 bridgehead atoms. The molecular formula is C18H33ClN4O2. The topological polar surface area (TPSA) is 71.3 Å². The van der Waals surface area contributed by atoms with Crippen LogP contribution in [0.2, 0.25) is 0 Å². The van der Waals surface area contributed by atoms with Gasteiger partial charge >= 0.3 is 0 Å². The Morgan fingerprint density at radius 1 is 1.32 bits per heavy atom. The van der Waals surface area contributed by atoms with Crippen molar-refractivity contribution in [3.63, 3.8) is 0 Å². The molecule has 0 unspecified atom stereocenters. The Morgan fingerprint density at radius 3 is 2.56 bits per heavy atom. The second kappa shape index (κ2) is 10.1. The summed E-state index contributed by atoms with van der Waals surface area (Å²) in [6.07, 6.45) is 4.22. The summed E-state index contributed by atoms with van der Waals surface area (Å²) >= 11 is 0. The van der Waals surface area contributed by atoms with Gasteiger partial charge in [-0.3, -0.25) is 4.79 Å². The molecule has 25 heavy (non-hydrogen) atoms. The van der Waals surface area contributed by atoms with Crippen LogP contribution in [-0.2, 0) is 16.6 Å². The van der Waals surface area contributed by atoms with Crippen LogP contribution in [0.5, 0.6) is 0 Å². The van der Waals surface area contributed by atoms with Gasteiger partial charge in [0.1, 0.15) is 0 Å². The number of amides is 1. The van der Waals surface area contributed by atoms with Crippen molar-refractivity contribution in [3.8, 4) is 0 Å². The molecule has 1 aliphatic heterocycles. The van der Waals surface area contributed by atoms with Gasteiger partial charge < -0.3 is 14.7 Å². The smallest absolute Gasteiger partial charge is 0.226 e. The number of halogens is 1. The van der Waals surface area contributed by atoms with Crippen LogP contribution < -0.4 is 5.32 Å². The summed E-state index contributed by atoms with van der Waals surface area (Å²) in [4.78, 5) is 18.7. The summed E-state index contributed by atoms with van der Waals surface area (Å²) in [6.45, 7) is 12.2. The molecule has 2 rings (SSSR count). The first-order chi connectivity index (χ1) is 11.4. The molecule has 0 atom stereocenters. The predicted molar refractivity (Wildman–Crippen MR) is 101 cm³/mol. The van der Waals surface area contributed by atoms with Gasteiger partial charge in [-0.1, -0.05) is 32.9 Å². The van der Waals surface area contributed by atoms with Crippen molar-refractivity contribution in [2.24, 2.45) is 5.92 Å². The maximum atomic E-state index is 12.3. The molecule has 0 spiro atoms. The number of piperidine rings is 1. The SMILES string of the molecule is CCNCC1CCN(C(=O)CCCc2nc(C(C)(C)C)no2)CC1.Cl. The van der Waals surface area contributed by atoms with Crippen molar-refractivity contribution >= 4 is 18.3 Å². The van der Waals surface area contributed by atoms with Crippen molar-refractivity contribution < 1.29 is 9.32 Å². The first-order valence-corrected chi connectivity index (χ1v) is 9.21. The number of aryl methyl sites for hydroxylation is 1. The third-order valence-electron chi connectivity index (χ3n) is 4.57. The molecule has 1 aliphatic rings. The first-order valence-electron chi connectivity index (χ1n) is 9.21. The van der Waals surface area contributed by atoms with E-state index in [9.17, 15) is 4.79 Å².